The molecular formula is C11H24N2. The summed E-state index contributed by atoms with van der Waals surface area (Å²) in [6.07, 6.45) is 0. The number of nitrogens with one attached hydrogen (secondary N) is 1. The molecular weight excluding hydrogens is 160 g/mol. The van der Waals surface area contributed by atoms with Gasteiger partial charge in [-0.3, -0.25) is 0 Å². The van der Waals surface area contributed by atoms with Gasteiger partial charge in [0.1, 0.15) is 0 Å². The molecule has 0 aromatic carbocycles. The summed E-state index contributed by atoms with van der Waals surface area (Å²) in [6.45, 7) is 15.6. The van der Waals surface area contributed by atoms with Crippen LogP contribution in [0.25, 0.3) is 0 Å². The first-order valence-electron chi connectivity index (χ1n) is 4.89. The Morgan fingerprint density at radius 1 is 1.38 bits per heavy atom. The van der Waals surface area contributed by atoms with Crippen LogP contribution in [0, 0.1) is 0 Å². The largest absolute Gasteiger partial charge is 0.311 e. The van der Waals surface area contributed by atoms with Crippen LogP contribution in [-0.2, 0) is 0 Å². The maximum atomic E-state index is 3.89. The summed E-state index contributed by atoms with van der Waals surface area (Å²) in [5.41, 5.74) is 1.45. The van der Waals surface area contributed by atoms with Crippen molar-refractivity contribution in [2.24, 2.45) is 0 Å². The Balaban J connectivity index is 3.48. The van der Waals surface area contributed by atoms with Gasteiger partial charge in [-0.2, -0.15) is 0 Å². The van der Waals surface area contributed by atoms with Crippen molar-refractivity contribution >= 4 is 0 Å². The third-order valence-corrected chi connectivity index (χ3v) is 1.69. The Hall–Kier alpha value is -0.340. The van der Waals surface area contributed by atoms with Crippen molar-refractivity contribution in [1.82, 2.24) is 10.2 Å². The van der Waals surface area contributed by atoms with Crippen molar-refractivity contribution in [2.45, 2.75) is 33.2 Å². The van der Waals surface area contributed by atoms with Crippen LogP contribution < -0.4 is 5.32 Å². The molecule has 0 fully saturated rings. The fourth-order valence-electron chi connectivity index (χ4n) is 1.16. The van der Waals surface area contributed by atoms with Gasteiger partial charge in [0.05, 0.1) is 0 Å². The van der Waals surface area contributed by atoms with E-state index in [1.54, 1.807) is 0 Å². The third kappa shape index (κ3) is 9.57. The minimum atomic E-state index is 0.226. The summed E-state index contributed by atoms with van der Waals surface area (Å²) in [5, 5.41) is 3.45. The second kappa shape index (κ2) is 5.40. The maximum absolute atomic E-state index is 3.89. The Morgan fingerprint density at radius 3 is 2.31 bits per heavy atom. The van der Waals surface area contributed by atoms with Gasteiger partial charge in [-0.05, 0) is 34.7 Å². The molecule has 0 unspecified atom stereocenters. The lowest BCUT2D eigenvalue weighted by molar-refractivity contribution is 0.328. The van der Waals surface area contributed by atoms with Crippen LogP contribution in [0.3, 0.4) is 0 Å². The molecule has 0 spiro atoms. The molecule has 13 heavy (non-hydrogen) atoms. The van der Waals surface area contributed by atoms with Gasteiger partial charge < -0.3 is 10.2 Å². The van der Waals surface area contributed by atoms with Gasteiger partial charge in [0.25, 0.3) is 0 Å². The van der Waals surface area contributed by atoms with Crippen LogP contribution in [0.4, 0.5) is 0 Å². The van der Waals surface area contributed by atoms with Crippen molar-refractivity contribution in [2.75, 3.05) is 26.7 Å². The fourth-order valence-corrected chi connectivity index (χ4v) is 1.16. The molecule has 0 saturated carbocycles. The molecule has 0 heterocycles. The van der Waals surface area contributed by atoms with E-state index in [0.29, 0.717) is 0 Å². The SMILES string of the molecule is C=C(C)CN(C)CCNC(C)(C)C. The predicted molar refractivity (Wildman–Crippen MR) is 60.1 cm³/mol. The molecule has 0 rings (SSSR count). The van der Waals surface area contributed by atoms with Crippen molar-refractivity contribution < 1.29 is 0 Å². The van der Waals surface area contributed by atoms with Crippen LogP contribution >= 0.6 is 0 Å². The highest BCUT2D eigenvalue weighted by molar-refractivity contribution is 4.91. The fraction of sp³-hybridized carbons (Fsp3) is 0.818. The first kappa shape index (κ1) is 12.7. The average molecular weight is 184 g/mol. The minimum Gasteiger partial charge on any atom is -0.311 e. The molecule has 0 amide bonds. The number of nitrogens with zero attached hydrogens (tertiary/aromatic N) is 1. The topological polar surface area (TPSA) is 15.3 Å². The van der Waals surface area contributed by atoms with Crippen LogP contribution in [0.1, 0.15) is 27.7 Å². The maximum Gasteiger partial charge on any atom is 0.0184 e. The van der Waals surface area contributed by atoms with E-state index in [-0.39, 0.29) is 5.54 Å². The Morgan fingerprint density at radius 2 is 1.92 bits per heavy atom. The van der Waals surface area contributed by atoms with E-state index >= 15 is 0 Å². The first-order chi connectivity index (χ1) is 5.81. The van der Waals surface area contributed by atoms with Crippen LogP contribution in [0.2, 0.25) is 0 Å². The molecule has 2 nitrogen and oxygen atoms in total. The molecule has 0 saturated heterocycles. The highest BCUT2D eigenvalue weighted by atomic mass is 15.1. The lowest BCUT2D eigenvalue weighted by Crippen LogP contribution is -2.40. The molecule has 0 atom stereocenters. The zero-order valence-corrected chi connectivity index (χ0v) is 9.78. The summed E-state index contributed by atoms with van der Waals surface area (Å²) >= 11 is 0. The quantitative estimate of drug-likeness (QED) is 0.656. The van der Waals surface area contributed by atoms with Crippen molar-refractivity contribution in [3.63, 3.8) is 0 Å². The highest BCUT2D eigenvalue weighted by Crippen LogP contribution is 1.97. The minimum absolute atomic E-state index is 0.226. The van der Waals surface area contributed by atoms with Crippen LogP contribution in [-0.4, -0.2) is 37.1 Å². The van der Waals surface area contributed by atoms with E-state index in [0.717, 1.165) is 19.6 Å². The lowest BCUT2D eigenvalue weighted by Gasteiger charge is -2.23. The van der Waals surface area contributed by atoms with Crippen molar-refractivity contribution in [3.05, 3.63) is 12.2 Å². The van der Waals surface area contributed by atoms with Crippen molar-refractivity contribution in [1.29, 1.82) is 0 Å². The van der Waals surface area contributed by atoms with E-state index in [2.05, 4.69) is 51.5 Å². The molecule has 0 aromatic heterocycles. The molecule has 0 aliphatic rings. The van der Waals surface area contributed by atoms with Crippen molar-refractivity contribution in [3.8, 4) is 0 Å². The molecule has 0 aromatic rings. The summed E-state index contributed by atoms with van der Waals surface area (Å²) < 4.78 is 0. The molecule has 2 heteroatoms. The smallest absolute Gasteiger partial charge is 0.0184 e. The molecule has 78 valence electrons. The Labute approximate surface area is 83.0 Å². The summed E-state index contributed by atoms with van der Waals surface area (Å²) in [7, 11) is 2.12. The molecule has 0 bridgehead atoms. The number of hydrogen-bond acceptors (Lipinski definition) is 2. The third-order valence-electron chi connectivity index (χ3n) is 1.69. The van der Waals surface area contributed by atoms with E-state index in [1.807, 2.05) is 0 Å². The lowest BCUT2D eigenvalue weighted by atomic mass is 10.1. The van der Waals surface area contributed by atoms with E-state index in [4.69, 9.17) is 0 Å². The Kier molecular flexibility index (Phi) is 5.26. The van der Waals surface area contributed by atoms with Crippen LogP contribution in [0.15, 0.2) is 12.2 Å². The van der Waals surface area contributed by atoms with E-state index < -0.39 is 0 Å². The highest BCUT2D eigenvalue weighted by Gasteiger charge is 2.08. The summed E-state index contributed by atoms with van der Waals surface area (Å²) in [5.74, 6) is 0. The van der Waals surface area contributed by atoms with Gasteiger partial charge in [-0.25, -0.2) is 0 Å². The van der Waals surface area contributed by atoms with E-state index in [1.165, 1.54) is 5.57 Å². The van der Waals surface area contributed by atoms with Crippen LogP contribution in [0.5, 0.6) is 0 Å². The molecule has 0 aliphatic carbocycles. The average Bonchev–Trinajstić information content (AvgIpc) is 1.81. The monoisotopic (exact) mass is 184 g/mol. The van der Waals surface area contributed by atoms with Gasteiger partial charge >= 0.3 is 0 Å². The number of likely N-dealkylation sites (N-methyl/N-ethyl adjacent to an activating group) is 1. The first-order valence-corrected chi connectivity index (χ1v) is 4.89. The van der Waals surface area contributed by atoms with Gasteiger partial charge in [-0.1, -0.05) is 12.2 Å². The standard InChI is InChI=1S/C11H24N2/c1-10(2)9-13(6)8-7-12-11(3,4)5/h12H,1,7-9H2,2-6H3. The summed E-state index contributed by atoms with van der Waals surface area (Å²) in [6, 6.07) is 0. The molecule has 0 aliphatic heterocycles. The zero-order chi connectivity index (χ0) is 10.5. The number of hydrogen-bond donors (Lipinski definition) is 1. The summed E-state index contributed by atoms with van der Waals surface area (Å²) in [4.78, 5) is 2.28. The van der Waals surface area contributed by atoms with Gasteiger partial charge in [0.15, 0.2) is 0 Å². The predicted octanol–water partition coefficient (Wildman–Crippen LogP) is 1.88. The zero-order valence-electron chi connectivity index (χ0n) is 9.78. The second-order valence-electron chi connectivity index (χ2n) is 4.87. The Bertz CT molecular complexity index is 156. The molecule has 0 radical (unpaired) electrons. The van der Waals surface area contributed by atoms with Gasteiger partial charge in [0.2, 0.25) is 0 Å². The normalized spacial score (nSPS) is 12.2. The second-order valence-corrected chi connectivity index (χ2v) is 4.87. The van der Waals surface area contributed by atoms with E-state index in [9.17, 15) is 0 Å². The molecule has 1 N–H and O–H groups in total. The number of rotatable bonds is 5. The van der Waals surface area contributed by atoms with Gasteiger partial charge in [0, 0.05) is 25.2 Å². The van der Waals surface area contributed by atoms with Gasteiger partial charge in [-0.15, -0.1) is 0 Å².